The van der Waals surface area contributed by atoms with Gasteiger partial charge in [0.2, 0.25) is 11.8 Å². The van der Waals surface area contributed by atoms with Gasteiger partial charge in [0, 0.05) is 46.1 Å². The standard InChI is InChI=1S/C9H17NO2.C9H15NO2.2C7H14NOP.C7H15NO.C7H13NO.2HI/c2*1-7(11)9-5-3-4-6-10(9)8(2)12;2*1-6(9)7-4-2-3-5-8(7)10;2*1-6(9)7-4-2-3-5-8-7;;/h7,9,11H,3-6H2,1-2H3;9H,3-6H2,1-2H3;2*7H,2-5,10H2,1H3;6-9H,2-5H2,1H3;7-8H,2-5H2,1H3;2*1H. The van der Waals surface area contributed by atoms with Crippen LogP contribution < -0.4 is 10.6 Å². The second-order valence-corrected chi connectivity index (χ2v) is 19.3. The molecule has 6 aliphatic rings. The Bertz CT molecular complexity index is 1290. The molecule has 6 fully saturated rings. The summed E-state index contributed by atoms with van der Waals surface area (Å²) in [7, 11) is 5.25. The molecular weight excluding hydrogens is 1080 g/mol. The van der Waals surface area contributed by atoms with E-state index in [1.165, 1.54) is 58.3 Å². The lowest BCUT2D eigenvalue weighted by molar-refractivity contribution is -0.138. The fraction of sp³-hybridized carbons (Fsp3) is 0.870. The van der Waals surface area contributed by atoms with Crippen LogP contribution in [0.1, 0.15) is 171 Å². The molecule has 0 aliphatic carbocycles. The molecule has 0 saturated carbocycles. The number of aliphatic hydroxyl groups is 2. The van der Waals surface area contributed by atoms with E-state index in [-0.39, 0.29) is 108 Å². The summed E-state index contributed by atoms with van der Waals surface area (Å²) >= 11 is 0. The molecule has 4 N–H and O–H groups in total. The van der Waals surface area contributed by atoms with E-state index in [0.29, 0.717) is 17.6 Å². The average molecular weight is 1170 g/mol. The van der Waals surface area contributed by atoms with E-state index in [1.807, 2.05) is 6.92 Å². The summed E-state index contributed by atoms with van der Waals surface area (Å²) < 4.78 is 4.15. The van der Waals surface area contributed by atoms with Crippen LogP contribution in [0.2, 0.25) is 0 Å². The number of rotatable bonds is 6. The van der Waals surface area contributed by atoms with Gasteiger partial charge in [-0.15, -0.1) is 48.0 Å². The Kier molecular flexibility index (Phi) is 38.6. The highest BCUT2D eigenvalue weighted by Gasteiger charge is 2.29. The minimum Gasteiger partial charge on any atom is -0.392 e. The third kappa shape index (κ3) is 27.0. The van der Waals surface area contributed by atoms with Crippen LogP contribution in [-0.2, 0) is 28.8 Å². The first-order valence-corrected chi connectivity index (χ1v) is 24.7. The zero-order valence-electron chi connectivity index (χ0n) is 40.7. The second-order valence-electron chi connectivity index (χ2n) is 18.0. The van der Waals surface area contributed by atoms with Crippen molar-refractivity contribution in [3.8, 4) is 0 Å². The van der Waals surface area contributed by atoms with Gasteiger partial charge < -0.3 is 30.6 Å². The molecule has 2 amide bonds. The summed E-state index contributed by atoms with van der Waals surface area (Å²) in [5.41, 5.74) is 0. The van der Waals surface area contributed by atoms with Crippen molar-refractivity contribution in [2.75, 3.05) is 39.3 Å². The van der Waals surface area contributed by atoms with Crippen molar-refractivity contribution in [1.29, 1.82) is 0 Å². The minimum atomic E-state index is -0.394. The number of aliphatic hydroxyl groups excluding tert-OH is 2. The van der Waals surface area contributed by atoms with Crippen molar-refractivity contribution < 1.29 is 39.0 Å². The molecule has 6 heterocycles. The number of carbonyl (C=O) groups is 6. The number of carbonyl (C=O) groups excluding carboxylic acids is 6. The number of amides is 2. The van der Waals surface area contributed by atoms with E-state index in [1.54, 1.807) is 51.3 Å². The zero-order chi connectivity index (χ0) is 46.8. The Hall–Kier alpha value is -0.300. The summed E-state index contributed by atoms with van der Waals surface area (Å²) in [5.74, 6) is 1.11. The Morgan fingerprint density at radius 2 is 0.859 bits per heavy atom. The van der Waals surface area contributed by atoms with Gasteiger partial charge in [-0.1, -0.05) is 44.5 Å². The Morgan fingerprint density at radius 1 is 0.469 bits per heavy atom. The first kappa shape index (κ1) is 65.8. The molecule has 6 saturated heterocycles. The summed E-state index contributed by atoms with van der Waals surface area (Å²) in [4.78, 5) is 69.5. The van der Waals surface area contributed by atoms with Crippen molar-refractivity contribution in [3.63, 3.8) is 0 Å². The number of hydrogen-bond acceptors (Lipinski definition) is 12. The smallest absolute Gasteiger partial charge is 0.220 e. The molecule has 14 nitrogen and oxygen atoms in total. The molecule has 6 rings (SSSR count). The lowest BCUT2D eigenvalue weighted by Crippen LogP contribution is -2.47. The van der Waals surface area contributed by atoms with Crippen molar-refractivity contribution in [3.05, 3.63) is 0 Å². The van der Waals surface area contributed by atoms with E-state index in [0.717, 1.165) is 103 Å². The number of halogens is 2. The monoisotopic (exact) mass is 1170 g/mol. The molecule has 18 heteroatoms. The van der Waals surface area contributed by atoms with Crippen molar-refractivity contribution in [1.82, 2.24) is 29.8 Å². The molecule has 0 aromatic heterocycles. The Labute approximate surface area is 426 Å². The summed E-state index contributed by atoms with van der Waals surface area (Å²) in [6.45, 7) is 19.0. The summed E-state index contributed by atoms with van der Waals surface area (Å²) in [6.07, 6.45) is 19.6. The number of nitrogens with one attached hydrogen (secondary N) is 2. The predicted molar refractivity (Wildman–Crippen MR) is 286 cm³/mol. The van der Waals surface area contributed by atoms with Gasteiger partial charge in [0.15, 0.2) is 5.78 Å². The molecule has 0 aromatic carbocycles. The van der Waals surface area contributed by atoms with Crippen LogP contribution in [0.4, 0.5) is 0 Å². The molecule has 10 atom stereocenters. The van der Waals surface area contributed by atoms with Crippen LogP contribution in [0.15, 0.2) is 0 Å². The molecule has 6 aliphatic heterocycles. The number of nitrogens with zero attached hydrogens (tertiary/aromatic N) is 4. The van der Waals surface area contributed by atoms with Gasteiger partial charge in [-0.05, 0) is 145 Å². The Balaban J connectivity index is 0. The van der Waals surface area contributed by atoms with Gasteiger partial charge in [-0.25, -0.2) is 0 Å². The number of ketones is 4. The van der Waals surface area contributed by atoms with E-state index < -0.39 is 6.10 Å². The quantitative estimate of drug-likeness (QED) is 0.165. The number of hydrogen-bond donors (Lipinski definition) is 4. The second kappa shape index (κ2) is 37.6. The van der Waals surface area contributed by atoms with Crippen LogP contribution in [0.5, 0.6) is 0 Å². The maximum Gasteiger partial charge on any atom is 0.220 e. The van der Waals surface area contributed by atoms with Gasteiger partial charge in [0.1, 0.15) is 17.3 Å². The van der Waals surface area contributed by atoms with Crippen molar-refractivity contribution in [2.24, 2.45) is 0 Å². The zero-order valence-corrected chi connectivity index (χ0v) is 47.7. The maximum absolute atomic E-state index is 11.1. The predicted octanol–water partition coefficient (Wildman–Crippen LogP) is 6.65. The third-order valence-corrected chi connectivity index (χ3v) is 13.9. The number of piperidine rings is 6. The molecule has 0 spiro atoms. The van der Waals surface area contributed by atoms with E-state index in [4.69, 9.17) is 5.11 Å². The number of Topliss-reactive ketones (excluding diaryl/α,β-unsaturated/α-hetero) is 4. The van der Waals surface area contributed by atoms with Crippen molar-refractivity contribution >= 4 is 102 Å². The SMILES string of the molecule is CC(=O)C1CCCCN1.CC(=O)C1CCCCN1C(C)=O.CC(=O)C1CCCCN1P.CC(=O)C1CCCCN1P.CC(=O)N1CCCCC1C(C)O.CC(O)C1CCCCN1.I.I. The van der Waals surface area contributed by atoms with E-state index in [9.17, 15) is 33.9 Å². The highest BCUT2D eigenvalue weighted by atomic mass is 127. The molecule has 0 bridgehead atoms. The molecule has 0 radical (unpaired) electrons. The highest BCUT2D eigenvalue weighted by molar-refractivity contribution is 14.0. The van der Waals surface area contributed by atoms with E-state index >= 15 is 0 Å². The molecule has 0 aromatic rings. The van der Waals surface area contributed by atoms with Crippen LogP contribution >= 0.6 is 66.7 Å². The molecule has 64 heavy (non-hydrogen) atoms. The first-order chi connectivity index (χ1) is 29.3. The van der Waals surface area contributed by atoms with E-state index in [2.05, 4.69) is 38.8 Å². The van der Waals surface area contributed by atoms with Gasteiger partial charge in [0.25, 0.3) is 0 Å². The van der Waals surface area contributed by atoms with Crippen LogP contribution in [0, 0.1) is 0 Å². The average Bonchev–Trinajstić information content (AvgIpc) is 3.25. The minimum absolute atomic E-state index is 0. The fourth-order valence-electron chi connectivity index (χ4n) is 8.85. The lowest BCUT2D eigenvalue weighted by Gasteiger charge is -2.36. The third-order valence-electron chi connectivity index (χ3n) is 12.6. The summed E-state index contributed by atoms with van der Waals surface area (Å²) in [5, 5.41) is 25.0. The fourth-order valence-corrected chi connectivity index (χ4v) is 9.93. The first-order valence-electron chi connectivity index (χ1n) is 23.7. The van der Waals surface area contributed by atoms with Crippen LogP contribution in [-0.4, -0.2) is 152 Å². The molecule has 10 unspecified atom stereocenters. The highest BCUT2D eigenvalue weighted by Crippen LogP contribution is 2.22. The van der Waals surface area contributed by atoms with Gasteiger partial charge in [-0.2, -0.15) is 0 Å². The molecule has 376 valence electrons. The van der Waals surface area contributed by atoms with Crippen LogP contribution in [0.3, 0.4) is 0 Å². The molecular formula is C46H90I2N6O8P2. The van der Waals surface area contributed by atoms with Crippen LogP contribution in [0.25, 0.3) is 0 Å². The van der Waals surface area contributed by atoms with Crippen molar-refractivity contribution in [2.45, 2.75) is 219 Å². The lowest BCUT2D eigenvalue weighted by atomic mass is 9.98. The largest absolute Gasteiger partial charge is 0.392 e. The van der Waals surface area contributed by atoms with Gasteiger partial charge >= 0.3 is 0 Å². The van der Waals surface area contributed by atoms with Gasteiger partial charge in [0.05, 0.1) is 42.4 Å². The number of likely N-dealkylation sites (tertiary alicyclic amines) is 2. The Morgan fingerprint density at radius 3 is 1.12 bits per heavy atom. The normalized spacial score (nSPS) is 26.8. The maximum atomic E-state index is 11.1. The van der Waals surface area contributed by atoms with Gasteiger partial charge in [-0.3, -0.25) is 38.1 Å². The topological polar surface area (TPSA) is 180 Å². The summed E-state index contributed by atoms with van der Waals surface area (Å²) in [6, 6.07) is 0.794.